The Morgan fingerprint density at radius 3 is 2.68 bits per heavy atom. The highest BCUT2D eigenvalue weighted by Crippen LogP contribution is 2.29. The molecule has 0 aromatic heterocycles. The van der Waals surface area contributed by atoms with Gasteiger partial charge in [-0.15, -0.1) is 12.4 Å². The number of likely N-dealkylation sites (tertiary alicyclic amines) is 1. The monoisotopic (exact) mass is 410 g/mol. The Balaban J connectivity index is 0.00000280. The number of carbonyl (C=O) groups is 1. The number of methoxy groups -OCH3 is 2. The van der Waals surface area contributed by atoms with Gasteiger partial charge in [0.25, 0.3) is 0 Å². The number of hydrogen-bond acceptors (Lipinski definition) is 4. The van der Waals surface area contributed by atoms with Crippen molar-refractivity contribution in [3.63, 3.8) is 0 Å². The smallest absolute Gasteiger partial charge is 0.222 e. The quantitative estimate of drug-likeness (QED) is 0.707. The Morgan fingerprint density at radius 2 is 1.96 bits per heavy atom. The molecule has 28 heavy (non-hydrogen) atoms. The molecule has 0 bridgehead atoms. The SMILES string of the molecule is COc1ccc(CCC2CCCCN2C(=O)CCC2CCNC2)cc1OC.Cl. The summed E-state index contributed by atoms with van der Waals surface area (Å²) in [7, 11) is 3.33. The van der Waals surface area contributed by atoms with Gasteiger partial charge in [0.2, 0.25) is 5.91 Å². The van der Waals surface area contributed by atoms with Crippen LogP contribution < -0.4 is 14.8 Å². The highest BCUT2D eigenvalue weighted by Gasteiger charge is 2.27. The van der Waals surface area contributed by atoms with Crippen LogP contribution in [0.5, 0.6) is 11.5 Å². The minimum Gasteiger partial charge on any atom is -0.493 e. The molecule has 1 amide bonds. The number of halogens is 1. The maximum absolute atomic E-state index is 12.8. The molecule has 2 saturated heterocycles. The van der Waals surface area contributed by atoms with Gasteiger partial charge >= 0.3 is 0 Å². The predicted octanol–water partition coefficient (Wildman–Crippen LogP) is 3.83. The van der Waals surface area contributed by atoms with E-state index in [0.29, 0.717) is 24.3 Å². The summed E-state index contributed by atoms with van der Waals surface area (Å²) in [5.41, 5.74) is 1.24. The number of benzene rings is 1. The van der Waals surface area contributed by atoms with Crippen LogP contribution >= 0.6 is 12.4 Å². The van der Waals surface area contributed by atoms with E-state index in [2.05, 4.69) is 22.3 Å². The second kappa shape index (κ2) is 11.5. The molecule has 5 nitrogen and oxygen atoms in total. The molecule has 2 aliphatic rings. The van der Waals surface area contributed by atoms with Crippen LogP contribution in [0.4, 0.5) is 0 Å². The average Bonchev–Trinajstić information content (AvgIpc) is 3.24. The van der Waals surface area contributed by atoms with E-state index < -0.39 is 0 Å². The molecule has 6 heteroatoms. The first-order chi connectivity index (χ1) is 13.2. The molecular formula is C22H35ClN2O3. The topological polar surface area (TPSA) is 50.8 Å². The van der Waals surface area contributed by atoms with Gasteiger partial charge in [-0.3, -0.25) is 4.79 Å². The van der Waals surface area contributed by atoms with Crippen LogP contribution in [0.2, 0.25) is 0 Å². The largest absolute Gasteiger partial charge is 0.493 e. The van der Waals surface area contributed by atoms with Crippen molar-refractivity contribution in [1.82, 2.24) is 10.2 Å². The molecule has 2 atom stereocenters. The average molecular weight is 411 g/mol. The number of hydrogen-bond donors (Lipinski definition) is 1. The third-order valence-corrected chi connectivity index (χ3v) is 6.09. The van der Waals surface area contributed by atoms with E-state index in [1.807, 2.05) is 6.07 Å². The molecule has 0 radical (unpaired) electrons. The van der Waals surface area contributed by atoms with Crippen LogP contribution in [0.3, 0.4) is 0 Å². The van der Waals surface area contributed by atoms with Gasteiger partial charge in [-0.2, -0.15) is 0 Å². The van der Waals surface area contributed by atoms with E-state index in [9.17, 15) is 4.79 Å². The van der Waals surface area contributed by atoms with Crippen molar-refractivity contribution < 1.29 is 14.3 Å². The molecule has 158 valence electrons. The highest BCUT2D eigenvalue weighted by atomic mass is 35.5. The summed E-state index contributed by atoms with van der Waals surface area (Å²) in [4.78, 5) is 15.0. The molecule has 0 saturated carbocycles. The number of amides is 1. The van der Waals surface area contributed by atoms with E-state index in [1.165, 1.54) is 18.4 Å². The van der Waals surface area contributed by atoms with E-state index in [0.717, 1.165) is 63.2 Å². The fourth-order valence-corrected chi connectivity index (χ4v) is 4.43. The van der Waals surface area contributed by atoms with Gasteiger partial charge in [0.15, 0.2) is 11.5 Å². The fraction of sp³-hybridized carbons (Fsp3) is 0.682. The third-order valence-electron chi connectivity index (χ3n) is 6.09. The first kappa shape index (κ1) is 22.8. The van der Waals surface area contributed by atoms with Crippen molar-refractivity contribution in [3.05, 3.63) is 23.8 Å². The molecule has 2 aliphatic heterocycles. The summed E-state index contributed by atoms with van der Waals surface area (Å²) in [6, 6.07) is 6.50. The lowest BCUT2D eigenvalue weighted by molar-refractivity contribution is -0.135. The molecule has 2 unspecified atom stereocenters. The molecule has 1 aromatic rings. The summed E-state index contributed by atoms with van der Waals surface area (Å²) < 4.78 is 10.7. The zero-order chi connectivity index (χ0) is 19.1. The molecule has 1 N–H and O–H groups in total. The zero-order valence-corrected chi connectivity index (χ0v) is 18.1. The van der Waals surface area contributed by atoms with E-state index in [1.54, 1.807) is 14.2 Å². The summed E-state index contributed by atoms with van der Waals surface area (Å²) in [5.74, 6) is 2.58. The van der Waals surface area contributed by atoms with Crippen molar-refractivity contribution in [2.75, 3.05) is 33.9 Å². The Hall–Kier alpha value is -1.46. The number of carbonyl (C=O) groups excluding carboxylic acids is 1. The first-order valence-corrected chi connectivity index (χ1v) is 10.4. The number of nitrogens with one attached hydrogen (secondary N) is 1. The molecule has 2 heterocycles. The van der Waals surface area contributed by atoms with E-state index >= 15 is 0 Å². The van der Waals surface area contributed by atoms with Crippen molar-refractivity contribution in [2.24, 2.45) is 5.92 Å². The van der Waals surface area contributed by atoms with Gasteiger partial charge in [-0.1, -0.05) is 6.07 Å². The molecule has 1 aromatic carbocycles. The highest BCUT2D eigenvalue weighted by molar-refractivity contribution is 5.85. The van der Waals surface area contributed by atoms with Crippen molar-refractivity contribution in [2.45, 2.75) is 57.4 Å². The van der Waals surface area contributed by atoms with Crippen LogP contribution in [0, 0.1) is 5.92 Å². The standard InChI is InChI=1S/C22H34N2O3.ClH/c1-26-20-10-7-17(15-21(20)27-2)6-9-19-5-3-4-14-24(19)22(25)11-8-18-12-13-23-16-18;/h7,10,15,18-19,23H,3-6,8-9,11-14,16H2,1-2H3;1H. The van der Waals surface area contributed by atoms with Crippen molar-refractivity contribution in [3.8, 4) is 11.5 Å². The number of piperidine rings is 1. The van der Waals surface area contributed by atoms with Crippen LogP contribution in [0.1, 0.15) is 50.5 Å². The Labute approximate surface area is 175 Å². The molecular weight excluding hydrogens is 376 g/mol. The fourth-order valence-electron chi connectivity index (χ4n) is 4.43. The van der Waals surface area contributed by atoms with Gasteiger partial charge in [0.1, 0.15) is 0 Å². The van der Waals surface area contributed by atoms with Crippen molar-refractivity contribution >= 4 is 18.3 Å². The molecule has 0 aliphatic carbocycles. The second-order valence-electron chi connectivity index (χ2n) is 7.86. The minimum atomic E-state index is 0. The van der Waals surface area contributed by atoms with Gasteiger partial charge in [-0.05, 0) is 81.6 Å². The van der Waals surface area contributed by atoms with Crippen molar-refractivity contribution in [1.29, 1.82) is 0 Å². The lowest BCUT2D eigenvalue weighted by atomic mass is 9.94. The van der Waals surface area contributed by atoms with Crippen LogP contribution in [-0.2, 0) is 11.2 Å². The molecule has 3 rings (SSSR count). The van der Waals surface area contributed by atoms with Gasteiger partial charge in [0.05, 0.1) is 14.2 Å². The summed E-state index contributed by atoms with van der Waals surface area (Å²) in [6.45, 7) is 3.12. The maximum Gasteiger partial charge on any atom is 0.222 e. The lowest BCUT2D eigenvalue weighted by Crippen LogP contribution is -2.44. The van der Waals surface area contributed by atoms with Crippen LogP contribution in [0.25, 0.3) is 0 Å². The maximum atomic E-state index is 12.8. The van der Waals surface area contributed by atoms with Gasteiger partial charge in [0, 0.05) is 19.0 Å². The number of ether oxygens (including phenoxy) is 2. The van der Waals surface area contributed by atoms with Crippen LogP contribution in [-0.4, -0.2) is 50.7 Å². The third kappa shape index (κ3) is 6.02. The van der Waals surface area contributed by atoms with Crippen LogP contribution in [0.15, 0.2) is 18.2 Å². The molecule has 2 fully saturated rings. The van der Waals surface area contributed by atoms with E-state index in [4.69, 9.17) is 9.47 Å². The molecule has 0 spiro atoms. The lowest BCUT2D eigenvalue weighted by Gasteiger charge is -2.36. The van der Waals surface area contributed by atoms with E-state index in [-0.39, 0.29) is 12.4 Å². The Bertz CT molecular complexity index is 620. The second-order valence-corrected chi connectivity index (χ2v) is 7.86. The summed E-state index contributed by atoms with van der Waals surface area (Å²) >= 11 is 0. The number of aryl methyl sites for hydroxylation is 1. The Kier molecular flexibility index (Phi) is 9.39. The number of nitrogens with zero attached hydrogens (tertiary/aromatic N) is 1. The predicted molar refractivity (Wildman–Crippen MR) is 115 cm³/mol. The van der Waals surface area contributed by atoms with Gasteiger partial charge in [-0.25, -0.2) is 0 Å². The van der Waals surface area contributed by atoms with Gasteiger partial charge < -0.3 is 19.7 Å². The zero-order valence-electron chi connectivity index (χ0n) is 17.2. The summed E-state index contributed by atoms with van der Waals surface area (Å²) in [5, 5.41) is 3.40. The minimum absolute atomic E-state index is 0. The Morgan fingerprint density at radius 1 is 1.14 bits per heavy atom. The number of rotatable bonds is 8. The normalized spacial score (nSPS) is 21.9. The first-order valence-electron chi connectivity index (χ1n) is 10.4. The summed E-state index contributed by atoms with van der Waals surface area (Å²) in [6.07, 6.45) is 8.44.